The Bertz CT molecular complexity index is 1390. The summed E-state index contributed by atoms with van der Waals surface area (Å²) in [6, 6.07) is 13.8. The van der Waals surface area contributed by atoms with E-state index in [2.05, 4.69) is 15.0 Å². The molecule has 9 heteroatoms. The van der Waals surface area contributed by atoms with Crippen LogP contribution in [0.4, 0.5) is 18.9 Å². The number of nitrogens with zero attached hydrogens (tertiary/aromatic N) is 1. The Balaban J connectivity index is 1.59. The number of anilines is 1. The summed E-state index contributed by atoms with van der Waals surface area (Å²) >= 11 is 1.18. The lowest BCUT2D eigenvalue weighted by Crippen LogP contribution is -2.22. The molecule has 1 aliphatic rings. The van der Waals surface area contributed by atoms with Crippen LogP contribution in [0, 0.1) is 5.82 Å². The van der Waals surface area contributed by atoms with Crippen LogP contribution in [0.25, 0.3) is 10.1 Å². The van der Waals surface area contributed by atoms with Gasteiger partial charge in [0.1, 0.15) is 11.5 Å². The van der Waals surface area contributed by atoms with Gasteiger partial charge in [0.25, 0.3) is 18.2 Å². The Morgan fingerprint density at radius 2 is 1.91 bits per heavy atom. The number of carbonyl (C=O) groups is 2. The van der Waals surface area contributed by atoms with Crippen molar-refractivity contribution in [1.29, 1.82) is 0 Å². The predicted molar refractivity (Wildman–Crippen MR) is 115 cm³/mol. The molecule has 160 valence electrons. The van der Waals surface area contributed by atoms with E-state index in [9.17, 15) is 22.8 Å². The summed E-state index contributed by atoms with van der Waals surface area (Å²) in [7, 11) is 0. The molecule has 1 atom stereocenters. The molecule has 0 fully saturated rings. The molecule has 0 radical (unpaired) electrons. The summed E-state index contributed by atoms with van der Waals surface area (Å²) < 4.78 is 46.2. The molecule has 0 spiro atoms. The van der Waals surface area contributed by atoms with Crippen LogP contribution in [0.15, 0.2) is 60.7 Å². The highest BCUT2D eigenvalue weighted by Crippen LogP contribution is 2.40. The van der Waals surface area contributed by atoms with E-state index >= 15 is 0 Å². The minimum absolute atomic E-state index is 0.0621. The van der Waals surface area contributed by atoms with Gasteiger partial charge in [0, 0.05) is 27.8 Å². The summed E-state index contributed by atoms with van der Waals surface area (Å²) in [5, 5.41) is 6.06. The molecule has 3 aromatic carbocycles. The number of hydrogen-bond acceptors (Lipinski definition) is 4. The van der Waals surface area contributed by atoms with Gasteiger partial charge in [-0.15, -0.1) is 0 Å². The lowest BCUT2D eigenvalue weighted by molar-refractivity contribution is 0.0958. The number of nitrogens with one attached hydrogen (secondary N) is 2. The van der Waals surface area contributed by atoms with E-state index in [0.29, 0.717) is 10.9 Å². The zero-order valence-electron chi connectivity index (χ0n) is 16.2. The van der Waals surface area contributed by atoms with Gasteiger partial charge in [-0.2, -0.15) is 4.37 Å². The SMILES string of the molecule is O=C1N[C@@H](c2cc(F)ccc2C(F)F)c2c(NC(=O)c3nsc4ccccc34)cccc21. The number of hydrogen-bond donors (Lipinski definition) is 2. The first-order chi connectivity index (χ1) is 15.4. The normalized spacial score (nSPS) is 15.1. The zero-order chi connectivity index (χ0) is 22.4. The summed E-state index contributed by atoms with van der Waals surface area (Å²) in [5.41, 5.74) is 0.552. The maximum Gasteiger partial charge on any atom is 0.276 e. The first-order valence-electron chi connectivity index (χ1n) is 9.61. The van der Waals surface area contributed by atoms with Crippen LogP contribution in [0.2, 0.25) is 0 Å². The zero-order valence-corrected chi connectivity index (χ0v) is 17.1. The second-order valence-corrected chi connectivity index (χ2v) is 8.03. The van der Waals surface area contributed by atoms with E-state index in [4.69, 9.17) is 0 Å². The molecule has 4 aromatic rings. The smallest absolute Gasteiger partial charge is 0.276 e. The van der Waals surface area contributed by atoms with Crippen molar-refractivity contribution >= 4 is 39.1 Å². The van der Waals surface area contributed by atoms with E-state index in [-0.39, 0.29) is 22.5 Å². The second kappa shape index (κ2) is 7.76. The lowest BCUT2D eigenvalue weighted by atomic mass is 9.93. The number of alkyl halides is 2. The Labute approximate surface area is 184 Å². The monoisotopic (exact) mass is 453 g/mol. The minimum atomic E-state index is -2.87. The molecule has 32 heavy (non-hydrogen) atoms. The molecule has 0 saturated carbocycles. The van der Waals surface area contributed by atoms with Gasteiger partial charge in [-0.3, -0.25) is 9.59 Å². The molecule has 0 saturated heterocycles. The van der Waals surface area contributed by atoms with Crippen molar-refractivity contribution < 1.29 is 22.8 Å². The number of halogens is 3. The second-order valence-electron chi connectivity index (χ2n) is 7.23. The fourth-order valence-corrected chi connectivity index (χ4v) is 4.70. The maximum absolute atomic E-state index is 13.9. The van der Waals surface area contributed by atoms with E-state index in [1.165, 1.54) is 17.6 Å². The first kappa shape index (κ1) is 20.2. The first-order valence-corrected chi connectivity index (χ1v) is 10.4. The van der Waals surface area contributed by atoms with Gasteiger partial charge in [-0.05, 0) is 47.4 Å². The molecule has 2 amide bonds. The fraction of sp³-hybridized carbons (Fsp3) is 0.0870. The highest BCUT2D eigenvalue weighted by Gasteiger charge is 2.35. The van der Waals surface area contributed by atoms with E-state index in [0.717, 1.165) is 22.9 Å². The summed E-state index contributed by atoms with van der Waals surface area (Å²) in [4.78, 5) is 25.5. The van der Waals surface area contributed by atoms with Crippen LogP contribution < -0.4 is 10.6 Å². The summed E-state index contributed by atoms with van der Waals surface area (Å²) in [6.45, 7) is 0. The molecule has 5 rings (SSSR count). The van der Waals surface area contributed by atoms with Crippen LogP contribution in [-0.4, -0.2) is 16.2 Å². The molecule has 0 bridgehead atoms. The number of aromatic nitrogens is 1. The Hall–Kier alpha value is -3.72. The molecule has 1 aromatic heterocycles. The van der Waals surface area contributed by atoms with Gasteiger partial charge < -0.3 is 10.6 Å². The molecule has 2 heterocycles. The number of benzene rings is 3. The fourth-order valence-electron chi connectivity index (χ4n) is 3.92. The summed E-state index contributed by atoms with van der Waals surface area (Å²) in [5.74, 6) is -1.70. The Morgan fingerprint density at radius 3 is 2.72 bits per heavy atom. The molecular weight excluding hydrogens is 439 g/mol. The average molecular weight is 453 g/mol. The average Bonchev–Trinajstić information content (AvgIpc) is 3.35. The largest absolute Gasteiger partial charge is 0.341 e. The van der Waals surface area contributed by atoms with Crippen LogP contribution in [0.5, 0.6) is 0 Å². The number of carbonyl (C=O) groups excluding carboxylic acids is 2. The third-order valence-corrected chi connectivity index (χ3v) is 6.18. The Kier molecular flexibility index (Phi) is 4.90. The van der Waals surface area contributed by atoms with Gasteiger partial charge in [-0.1, -0.05) is 30.3 Å². The number of fused-ring (bicyclic) bond motifs is 2. The highest BCUT2D eigenvalue weighted by molar-refractivity contribution is 7.13. The highest BCUT2D eigenvalue weighted by atomic mass is 32.1. The summed E-state index contributed by atoms with van der Waals surface area (Å²) in [6.07, 6.45) is -2.87. The predicted octanol–water partition coefficient (Wildman–Crippen LogP) is 5.46. The molecule has 1 aliphatic heterocycles. The van der Waals surface area contributed by atoms with Crippen molar-refractivity contribution in [2.24, 2.45) is 0 Å². The van der Waals surface area contributed by atoms with Crippen molar-refractivity contribution in [3.8, 4) is 0 Å². The molecule has 0 aliphatic carbocycles. The molecule has 2 N–H and O–H groups in total. The third-order valence-electron chi connectivity index (χ3n) is 5.35. The molecule has 5 nitrogen and oxygen atoms in total. The van der Waals surface area contributed by atoms with Gasteiger partial charge in [-0.25, -0.2) is 13.2 Å². The van der Waals surface area contributed by atoms with Gasteiger partial charge in [0.05, 0.1) is 10.7 Å². The van der Waals surface area contributed by atoms with E-state index < -0.39 is 35.7 Å². The van der Waals surface area contributed by atoms with Crippen molar-refractivity contribution in [3.05, 3.63) is 94.4 Å². The van der Waals surface area contributed by atoms with Gasteiger partial charge in [0.15, 0.2) is 0 Å². The maximum atomic E-state index is 13.9. The van der Waals surface area contributed by atoms with Crippen molar-refractivity contribution in [2.45, 2.75) is 12.5 Å². The van der Waals surface area contributed by atoms with Crippen molar-refractivity contribution in [2.75, 3.05) is 5.32 Å². The van der Waals surface area contributed by atoms with Crippen molar-refractivity contribution in [3.63, 3.8) is 0 Å². The quantitative estimate of drug-likeness (QED) is 0.431. The lowest BCUT2D eigenvalue weighted by Gasteiger charge is -2.19. The third kappa shape index (κ3) is 3.31. The molecule has 0 unspecified atom stereocenters. The van der Waals surface area contributed by atoms with E-state index in [1.807, 2.05) is 12.1 Å². The van der Waals surface area contributed by atoms with Gasteiger partial charge >= 0.3 is 0 Å². The Morgan fingerprint density at radius 1 is 1.09 bits per heavy atom. The van der Waals surface area contributed by atoms with Crippen LogP contribution in [0.3, 0.4) is 0 Å². The number of amides is 2. The minimum Gasteiger partial charge on any atom is -0.341 e. The number of rotatable bonds is 4. The molecular formula is C23H14F3N3O2S. The standard InChI is InChI=1S/C23H14F3N3O2S/c24-11-8-9-12(21(25)26)15(10-11)19-18-14(22(30)28-19)5-3-6-16(18)27-23(31)20-13-4-1-2-7-17(13)32-29-20/h1-10,19,21H,(H,27,31)(H,28,30)/t19-/m0/s1. The van der Waals surface area contributed by atoms with Gasteiger partial charge in [0.2, 0.25) is 0 Å². The van der Waals surface area contributed by atoms with Crippen molar-refractivity contribution in [1.82, 2.24) is 9.69 Å². The topological polar surface area (TPSA) is 71.1 Å². The van der Waals surface area contributed by atoms with Crippen LogP contribution in [0.1, 0.15) is 50.0 Å². The van der Waals surface area contributed by atoms with Crippen LogP contribution in [-0.2, 0) is 0 Å². The van der Waals surface area contributed by atoms with Crippen LogP contribution >= 0.6 is 11.5 Å². The van der Waals surface area contributed by atoms with E-state index in [1.54, 1.807) is 24.3 Å².